The topological polar surface area (TPSA) is 157 Å². The van der Waals surface area contributed by atoms with Crippen LogP contribution in [-0.4, -0.2) is 40.4 Å². The number of hydrogen-bond acceptors (Lipinski definition) is 9. The van der Waals surface area contributed by atoms with Gasteiger partial charge in [-0.3, -0.25) is 9.59 Å². The monoisotopic (exact) mass is 492 g/mol. The number of nitrogens with zero attached hydrogens (tertiary/aromatic N) is 3. The SMILES string of the molecule is Cc1nc(S[C@H](C)C(=O)Nc2ccc(S(=O)(=O)Nc3ncccn3)cc2)sc1CC(N)=O. The van der Waals surface area contributed by atoms with Crippen LogP contribution in [0.1, 0.15) is 17.5 Å². The number of nitrogens with one attached hydrogen (secondary N) is 2. The standard InChI is InChI=1S/C19H20N6O4S3/c1-11-15(10-16(20)26)31-19(23-11)30-12(2)17(27)24-13-4-6-14(7-5-13)32(28,29)25-18-21-8-3-9-22-18/h3-9,12H,10H2,1-2H3,(H2,20,26)(H,24,27)(H,21,22,25)/t12-/m1/s1. The number of thioether (sulfide) groups is 1. The van der Waals surface area contributed by atoms with Gasteiger partial charge < -0.3 is 11.1 Å². The number of sulfonamides is 1. The van der Waals surface area contributed by atoms with Gasteiger partial charge in [-0.05, 0) is 44.2 Å². The van der Waals surface area contributed by atoms with Gasteiger partial charge in [-0.1, -0.05) is 11.8 Å². The van der Waals surface area contributed by atoms with Gasteiger partial charge in [0.25, 0.3) is 10.0 Å². The maximum absolute atomic E-state index is 12.5. The molecule has 10 nitrogen and oxygen atoms in total. The van der Waals surface area contributed by atoms with Crippen molar-refractivity contribution in [3.05, 3.63) is 53.3 Å². The molecule has 0 aliphatic carbocycles. The number of hydrogen-bond donors (Lipinski definition) is 3. The normalized spacial score (nSPS) is 12.2. The lowest BCUT2D eigenvalue weighted by Crippen LogP contribution is -2.22. The fourth-order valence-corrected chi connectivity index (χ4v) is 5.82. The highest BCUT2D eigenvalue weighted by molar-refractivity contribution is 8.02. The summed E-state index contributed by atoms with van der Waals surface area (Å²) < 4.78 is 27.8. The first-order chi connectivity index (χ1) is 15.1. The second-order valence-electron chi connectivity index (χ2n) is 6.58. The third kappa shape index (κ3) is 6.24. The van der Waals surface area contributed by atoms with Gasteiger partial charge in [-0.25, -0.2) is 28.1 Å². The molecule has 0 spiro atoms. The van der Waals surface area contributed by atoms with E-state index in [1.807, 2.05) is 0 Å². The summed E-state index contributed by atoms with van der Waals surface area (Å²) in [4.78, 5) is 36.5. The van der Waals surface area contributed by atoms with Crippen LogP contribution >= 0.6 is 23.1 Å². The molecule has 1 atom stereocenters. The fraction of sp³-hybridized carbons (Fsp3) is 0.211. The van der Waals surface area contributed by atoms with Crippen LogP contribution < -0.4 is 15.8 Å². The van der Waals surface area contributed by atoms with Crippen molar-refractivity contribution in [3.8, 4) is 0 Å². The van der Waals surface area contributed by atoms with E-state index in [9.17, 15) is 18.0 Å². The zero-order chi connectivity index (χ0) is 23.3. The minimum Gasteiger partial charge on any atom is -0.369 e. The Morgan fingerprint density at radius 1 is 1.19 bits per heavy atom. The van der Waals surface area contributed by atoms with E-state index < -0.39 is 21.2 Å². The smallest absolute Gasteiger partial charge is 0.264 e. The molecule has 0 fully saturated rings. The van der Waals surface area contributed by atoms with Crippen LogP contribution in [-0.2, 0) is 26.0 Å². The predicted octanol–water partition coefficient (Wildman–Crippen LogP) is 2.19. The lowest BCUT2D eigenvalue weighted by atomic mass is 10.3. The third-order valence-corrected chi connectivity index (χ3v) is 7.77. The first-order valence-corrected chi connectivity index (χ1v) is 12.4. The zero-order valence-electron chi connectivity index (χ0n) is 17.1. The van der Waals surface area contributed by atoms with Crippen LogP contribution in [0.5, 0.6) is 0 Å². The van der Waals surface area contributed by atoms with Gasteiger partial charge >= 0.3 is 0 Å². The van der Waals surface area contributed by atoms with Crippen LogP contribution in [0.15, 0.2) is 52.0 Å². The number of thiazole rings is 1. The molecule has 2 heterocycles. The minimum absolute atomic E-state index is 0.00520. The summed E-state index contributed by atoms with van der Waals surface area (Å²) >= 11 is 2.60. The molecular formula is C19H20N6O4S3. The quantitative estimate of drug-likeness (QED) is 0.384. The first-order valence-electron chi connectivity index (χ1n) is 9.26. The van der Waals surface area contributed by atoms with Crippen molar-refractivity contribution in [2.45, 2.75) is 34.8 Å². The lowest BCUT2D eigenvalue weighted by Gasteiger charge is -2.11. The molecule has 1 aromatic carbocycles. The van der Waals surface area contributed by atoms with Crippen LogP contribution in [0, 0.1) is 6.92 Å². The van der Waals surface area contributed by atoms with Crippen molar-refractivity contribution in [2.75, 3.05) is 10.0 Å². The number of amides is 2. The molecule has 3 aromatic rings. The Labute approximate surface area is 193 Å². The van der Waals surface area contributed by atoms with E-state index in [4.69, 9.17) is 5.73 Å². The van der Waals surface area contributed by atoms with E-state index >= 15 is 0 Å². The summed E-state index contributed by atoms with van der Waals surface area (Å²) in [6, 6.07) is 7.31. The van der Waals surface area contributed by atoms with Gasteiger partial charge in [0.15, 0.2) is 4.34 Å². The number of carbonyl (C=O) groups is 2. The molecule has 0 aliphatic heterocycles. The Kier molecular flexibility index (Phi) is 7.43. The molecule has 4 N–H and O–H groups in total. The number of rotatable bonds is 9. The van der Waals surface area contributed by atoms with E-state index in [1.54, 1.807) is 19.9 Å². The molecule has 3 rings (SSSR count). The molecule has 0 bridgehead atoms. The number of aryl methyl sites for hydroxylation is 1. The molecule has 32 heavy (non-hydrogen) atoms. The largest absolute Gasteiger partial charge is 0.369 e. The molecule has 2 aromatic heterocycles. The second-order valence-corrected chi connectivity index (χ2v) is 10.9. The summed E-state index contributed by atoms with van der Waals surface area (Å²) in [5.74, 6) is -0.742. The van der Waals surface area contributed by atoms with Gasteiger partial charge in [0, 0.05) is 23.0 Å². The van der Waals surface area contributed by atoms with Crippen LogP contribution in [0.25, 0.3) is 0 Å². The first kappa shape index (κ1) is 23.6. The lowest BCUT2D eigenvalue weighted by molar-refractivity contribution is -0.117. The molecule has 0 saturated heterocycles. The summed E-state index contributed by atoms with van der Waals surface area (Å²) in [7, 11) is -3.86. The average Bonchev–Trinajstić information content (AvgIpc) is 3.06. The molecule has 0 unspecified atom stereocenters. The second kappa shape index (κ2) is 10.1. The predicted molar refractivity (Wildman–Crippen MR) is 123 cm³/mol. The summed E-state index contributed by atoms with van der Waals surface area (Å²) in [5, 5.41) is 2.28. The highest BCUT2D eigenvalue weighted by atomic mass is 32.2. The number of anilines is 2. The highest BCUT2D eigenvalue weighted by Gasteiger charge is 2.20. The third-order valence-electron chi connectivity index (χ3n) is 4.08. The van der Waals surface area contributed by atoms with E-state index in [1.165, 1.54) is 59.8 Å². The van der Waals surface area contributed by atoms with Gasteiger partial charge in [0.2, 0.25) is 17.8 Å². The number of aromatic nitrogens is 3. The highest BCUT2D eigenvalue weighted by Crippen LogP contribution is 2.31. The van der Waals surface area contributed by atoms with Crippen LogP contribution in [0.3, 0.4) is 0 Å². The molecule has 0 aliphatic rings. The van der Waals surface area contributed by atoms with E-state index in [-0.39, 0.29) is 23.2 Å². The van der Waals surface area contributed by atoms with E-state index in [0.29, 0.717) is 10.0 Å². The van der Waals surface area contributed by atoms with Gasteiger partial charge in [0.05, 0.1) is 22.3 Å². The zero-order valence-corrected chi connectivity index (χ0v) is 19.6. The van der Waals surface area contributed by atoms with Gasteiger partial charge in [-0.15, -0.1) is 11.3 Å². The number of primary amides is 1. The van der Waals surface area contributed by atoms with Crippen molar-refractivity contribution in [3.63, 3.8) is 0 Å². The molecule has 0 saturated carbocycles. The average molecular weight is 493 g/mol. The van der Waals surface area contributed by atoms with Crippen molar-refractivity contribution >= 4 is 56.6 Å². The molecule has 2 amide bonds. The van der Waals surface area contributed by atoms with Crippen molar-refractivity contribution in [1.82, 2.24) is 15.0 Å². The summed E-state index contributed by atoms with van der Waals surface area (Å²) in [6.45, 7) is 3.52. The molecule has 13 heteroatoms. The Morgan fingerprint density at radius 3 is 2.47 bits per heavy atom. The molecule has 168 valence electrons. The number of nitrogens with two attached hydrogens (primary N) is 1. The fourth-order valence-electron chi connectivity index (χ4n) is 2.47. The Hall–Kier alpha value is -3.03. The summed E-state index contributed by atoms with van der Waals surface area (Å²) in [5.41, 5.74) is 6.40. The van der Waals surface area contributed by atoms with Crippen molar-refractivity contribution < 1.29 is 18.0 Å². The number of benzene rings is 1. The summed E-state index contributed by atoms with van der Waals surface area (Å²) in [6.07, 6.45) is 2.97. The van der Waals surface area contributed by atoms with Gasteiger partial charge in [-0.2, -0.15) is 0 Å². The van der Waals surface area contributed by atoms with Crippen molar-refractivity contribution in [2.24, 2.45) is 5.73 Å². The molecule has 0 radical (unpaired) electrons. The minimum atomic E-state index is -3.86. The van der Waals surface area contributed by atoms with E-state index in [0.717, 1.165) is 10.6 Å². The number of carbonyl (C=O) groups excluding carboxylic acids is 2. The maximum atomic E-state index is 12.5. The van der Waals surface area contributed by atoms with Gasteiger partial charge in [0.1, 0.15) is 0 Å². The Bertz CT molecular complexity index is 1210. The Balaban J connectivity index is 1.61. The van der Waals surface area contributed by atoms with E-state index in [2.05, 4.69) is 25.0 Å². The molecular weight excluding hydrogens is 472 g/mol. The van der Waals surface area contributed by atoms with Crippen molar-refractivity contribution in [1.29, 1.82) is 0 Å². The maximum Gasteiger partial charge on any atom is 0.264 e. The van der Waals surface area contributed by atoms with Crippen LogP contribution in [0.2, 0.25) is 0 Å². The van der Waals surface area contributed by atoms with Crippen LogP contribution in [0.4, 0.5) is 11.6 Å². The Morgan fingerprint density at radius 2 is 1.84 bits per heavy atom.